The molecular formula is C16H30N2O2. The second-order valence-electron chi connectivity index (χ2n) is 6.70. The highest BCUT2D eigenvalue weighted by molar-refractivity contribution is 5.84. The maximum absolute atomic E-state index is 11.6. The van der Waals surface area contributed by atoms with Crippen molar-refractivity contribution in [2.75, 3.05) is 6.61 Å². The van der Waals surface area contributed by atoms with Gasteiger partial charge in [-0.3, -0.25) is 4.79 Å². The lowest BCUT2D eigenvalue weighted by Gasteiger charge is -2.28. The number of hydrogen-bond donors (Lipinski definition) is 2. The van der Waals surface area contributed by atoms with Crippen molar-refractivity contribution in [1.29, 1.82) is 0 Å². The molecule has 1 amide bonds. The Bertz CT molecular complexity index is 312. The Labute approximate surface area is 122 Å². The van der Waals surface area contributed by atoms with Crippen LogP contribution in [0.3, 0.4) is 0 Å². The summed E-state index contributed by atoms with van der Waals surface area (Å²) in [6.45, 7) is 2.76. The third-order valence-corrected chi connectivity index (χ3v) is 4.62. The van der Waals surface area contributed by atoms with Crippen molar-refractivity contribution in [2.45, 2.75) is 88.8 Å². The molecule has 2 saturated carbocycles. The average Bonchev–Trinajstić information content (AvgIpc) is 3.23. The Morgan fingerprint density at radius 1 is 1.20 bits per heavy atom. The number of unbranched alkanes of at least 4 members (excludes halogenated alkanes) is 1. The van der Waals surface area contributed by atoms with E-state index in [-0.39, 0.29) is 5.91 Å². The summed E-state index contributed by atoms with van der Waals surface area (Å²) in [6.07, 6.45) is 12.1. The predicted octanol–water partition coefficient (Wildman–Crippen LogP) is 2.50. The van der Waals surface area contributed by atoms with Crippen LogP contribution in [0.5, 0.6) is 0 Å². The Morgan fingerprint density at radius 3 is 2.50 bits per heavy atom. The normalized spacial score (nSPS) is 23.4. The van der Waals surface area contributed by atoms with Crippen LogP contribution in [0.2, 0.25) is 0 Å². The van der Waals surface area contributed by atoms with Gasteiger partial charge >= 0.3 is 0 Å². The molecule has 20 heavy (non-hydrogen) atoms. The highest BCUT2D eigenvalue weighted by atomic mass is 16.5. The van der Waals surface area contributed by atoms with Crippen LogP contribution in [-0.4, -0.2) is 30.2 Å². The van der Waals surface area contributed by atoms with Crippen molar-refractivity contribution in [3.05, 3.63) is 0 Å². The summed E-state index contributed by atoms with van der Waals surface area (Å²) in [5.41, 5.74) is 5.01. The van der Waals surface area contributed by atoms with Crippen LogP contribution in [0.4, 0.5) is 0 Å². The molecule has 4 heteroatoms. The van der Waals surface area contributed by atoms with Crippen molar-refractivity contribution in [1.82, 2.24) is 5.32 Å². The van der Waals surface area contributed by atoms with Crippen molar-refractivity contribution in [3.8, 4) is 0 Å². The minimum Gasteiger partial charge on any atom is -0.378 e. The van der Waals surface area contributed by atoms with Crippen LogP contribution in [-0.2, 0) is 9.53 Å². The van der Waals surface area contributed by atoms with Crippen LogP contribution in [0.25, 0.3) is 0 Å². The van der Waals surface area contributed by atoms with Gasteiger partial charge in [-0.25, -0.2) is 0 Å². The number of primary amides is 1. The molecule has 4 nitrogen and oxygen atoms in total. The van der Waals surface area contributed by atoms with E-state index in [1.165, 1.54) is 44.9 Å². The number of rotatable bonds is 9. The molecule has 0 heterocycles. The maximum atomic E-state index is 11.6. The van der Waals surface area contributed by atoms with Crippen LogP contribution >= 0.6 is 0 Å². The molecule has 0 aromatic carbocycles. The maximum Gasteiger partial charge on any atom is 0.237 e. The molecule has 2 fully saturated rings. The van der Waals surface area contributed by atoms with Crippen LogP contribution in [0.15, 0.2) is 0 Å². The molecule has 2 aliphatic carbocycles. The minimum atomic E-state index is -0.536. The van der Waals surface area contributed by atoms with E-state index in [0.717, 1.165) is 25.9 Å². The molecule has 116 valence electrons. The van der Waals surface area contributed by atoms with E-state index in [4.69, 9.17) is 10.5 Å². The number of hydrogen-bond acceptors (Lipinski definition) is 3. The highest BCUT2D eigenvalue weighted by Gasteiger charge is 2.36. The topological polar surface area (TPSA) is 64.3 Å². The van der Waals surface area contributed by atoms with Gasteiger partial charge in [-0.2, -0.15) is 0 Å². The third kappa shape index (κ3) is 5.06. The minimum absolute atomic E-state index is 0.224. The summed E-state index contributed by atoms with van der Waals surface area (Å²) < 4.78 is 5.92. The molecule has 2 aliphatic rings. The second kappa shape index (κ2) is 7.41. The largest absolute Gasteiger partial charge is 0.378 e. The monoisotopic (exact) mass is 282 g/mol. The quantitative estimate of drug-likeness (QED) is 0.639. The van der Waals surface area contributed by atoms with Crippen molar-refractivity contribution < 1.29 is 9.53 Å². The number of amides is 1. The van der Waals surface area contributed by atoms with Gasteiger partial charge < -0.3 is 15.8 Å². The summed E-state index contributed by atoms with van der Waals surface area (Å²) in [5.74, 6) is -0.224. The number of ether oxygens (including phenoxy) is 1. The predicted molar refractivity (Wildman–Crippen MR) is 80.4 cm³/mol. The zero-order chi connectivity index (χ0) is 14.4. The van der Waals surface area contributed by atoms with Gasteiger partial charge in [0, 0.05) is 12.6 Å². The molecule has 1 atom stereocenters. The van der Waals surface area contributed by atoms with Crippen LogP contribution < -0.4 is 11.1 Å². The molecular weight excluding hydrogens is 252 g/mol. The molecule has 0 aliphatic heterocycles. The Balaban J connectivity index is 1.59. The lowest BCUT2D eigenvalue weighted by atomic mass is 9.93. The molecule has 2 rings (SSSR count). The van der Waals surface area contributed by atoms with Gasteiger partial charge in [-0.15, -0.1) is 0 Å². The summed E-state index contributed by atoms with van der Waals surface area (Å²) in [7, 11) is 0. The van der Waals surface area contributed by atoms with Crippen LogP contribution in [0.1, 0.15) is 71.1 Å². The van der Waals surface area contributed by atoms with E-state index in [2.05, 4.69) is 5.32 Å². The van der Waals surface area contributed by atoms with Gasteiger partial charge in [0.1, 0.15) is 0 Å². The third-order valence-electron chi connectivity index (χ3n) is 4.62. The fourth-order valence-corrected chi connectivity index (χ4v) is 3.01. The van der Waals surface area contributed by atoms with Gasteiger partial charge in [0.25, 0.3) is 0 Å². The number of carbonyl (C=O) groups excluding carboxylic acids is 1. The van der Waals surface area contributed by atoms with Gasteiger partial charge in [0.05, 0.1) is 11.6 Å². The summed E-state index contributed by atoms with van der Waals surface area (Å²) in [5, 5.41) is 3.39. The highest BCUT2D eigenvalue weighted by Crippen LogP contribution is 2.25. The van der Waals surface area contributed by atoms with Gasteiger partial charge in [-0.05, 0) is 51.9 Å². The lowest BCUT2D eigenvalue weighted by Crippen LogP contribution is -2.53. The first-order valence-electron chi connectivity index (χ1n) is 8.29. The van der Waals surface area contributed by atoms with E-state index < -0.39 is 5.54 Å². The van der Waals surface area contributed by atoms with Crippen molar-refractivity contribution >= 4 is 5.91 Å². The van der Waals surface area contributed by atoms with E-state index in [1.807, 2.05) is 6.92 Å². The van der Waals surface area contributed by atoms with Crippen molar-refractivity contribution in [3.63, 3.8) is 0 Å². The van der Waals surface area contributed by atoms with E-state index >= 15 is 0 Å². The first kappa shape index (κ1) is 15.8. The zero-order valence-corrected chi connectivity index (χ0v) is 12.8. The van der Waals surface area contributed by atoms with Gasteiger partial charge in [-0.1, -0.05) is 19.3 Å². The number of carbonyl (C=O) groups is 1. The first-order chi connectivity index (χ1) is 9.60. The lowest BCUT2D eigenvalue weighted by molar-refractivity contribution is -0.124. The molecule has 0 spiro atoms. The standard InChI is InChI=1S/C16H30N2O2/c1-16(15(17)19,18-13-9-10-13)11-5-6-12-20-14-7-3-2-4-8-14/h13-14,18H,2-12H2,1H3,(H2,17,19). The molecule has 0 aromatic rings. The Hall–Kier alpha value is -0.610. The fraction of sp³-hybridized carbons (Fsp3) is 0.938. The Morgan fingerprint density at radius 2 is 1.90 bits per heavy atom. The smallest absolute Gasteiger partial charge is 0.237 e. The van der Waals surface area contributed by atoms with E-state index in [1.54, 1.807) is 0 Å². The number of nitrogens with two attached hydrogens (primary N) is 1. The second-order valence-corrected chi connectivity index (χ2v) is 6.70. The van der Waals surface area contributed by atoms with Gasteiger partial charge in [0.2, 0.25) is 5.91 Å². The van der Waals surface area contributed by atoms with E-state index in [0.29, 0.717) is 12.1 Å². The average molecular weight is 282 g/mol. The molecule has 1 unspecified atom stereocenters. The summed E-state index contributed by atoms with van der Waals surface area (Å²) in [6, 6.07) is 0.506. The number of nitrogens with one attached hydrogen (secondary N) is 1. The van der Waals surface area contributed by atoms with Crippen LogP contribution in [0, 0.1) is 0 Å². The van der Waals surface area contributed by atoms with E-state index in [9.17, 15) is 4.79 Å². The molecule has 0 aromatic heterocycles. The Kier molecular flexibility index (Phi) is 5.85. The first-order valence-corrected chi connectivity index (χ1v) is 8.29. The summed E-state index contributed by atoms with van der Waals surface area (Å²) in [4.78, 5) is 11.6. The summed E-state index contributed by atoms with van der Waals surface area (Å²) >= 11 is 0. The van der Waals surface area contributed by atoms with Gasteiger partial charge in [0.15, 0.2) is 0 Å². The fourth-order valence-electron chi connectivity index (χ4n) is 3.01. The SMILES string of the molecule is CC(CCCCOC1CCCCC1)(NC1CC1)C(N)=O. The van der Waals surface area contributed by atoms with Crippen molar-refractivity contribution in [2.24, 2.45) is 5.73 Å². The molecule has 0 saturated heterocycles. The molecule has 3 N–H and O–H groups in total. The molecule has 0 bridgehead atoms. The zero-order valence-electron chi connectivity index (χ0n) is 12.8. The molecule has 0 radical (unpaired) electrons.